The van der Waals surface area contributed by atoms with Gasteiger partial charge in [-0.25, -0.2) is 14.2 Å². The Hall–Kier alpha value is -2.54. The van der Waals surface area contributed by atoms with Crippen LogP contribution in [0.1, 0.15) is 30.9 Å². The second-order valence-electron chi connectivity index (χ2n) is 9.23. The average molecular weight is 610 g/mol. The minimum atomic E-state index is -5.56. The van der Waals surface area contributed by atoms with E-state index >= 15 is 0 Å². The molecule has 21 heteroatoms. The Balaban J connectivity index is 1.70. The van der Waals surface area contributed by atoms with Crippen LogP contribution < -0.4 is 27.6 Å². The smallest absolute Gasteiger partial charge is 0.469 e. The zero-order valence-electron chi connectivity index (χ0n) is 20.6. The summed E-state index contributed by atoms with van der Waals surface area (Å²) in [5.74, 6) is -1.35. The number of anilines is 1. The Morgan fingerprint density at radius 3 is 2.50 bits per heavy atom. The van der Waals surface area contributed by atoms with Crippen LogP contribution in [0.2, 0.25) is 0 Å². The van der Waals surface area contributed by atoms with E-state index in [0.29, 0.717) is 0 Å². The zero-order valence-corrected chi connectivity index (χ0v) is 22.4. The van der Waals surface area contributed by atoms with Gasteiger partial charge in [-0.3, -0.25) is 28.0 Å². The van der Waals surface area contributed by atoms with E-state index < -0.39 is 82.0 Å². The summed E-state index contributed by atoms with van der Waals surface area (Å²) in [6.45, 7) is 0.584. The highest BCUT2D eigenvalue weighted by atomic mass is 31.2. The number of hydrogen-bond donors (Lipinski definition) is 6. The lowest BCUT2D eigenvalue weighted by Gasteiger charge is -2.35. The van der Waals surface area contributed by atoms with Gasteiger partial charge in [0.15, 0.2) is 0 Å². The van der Waals surface area contributed by atoms with E-state index in [1.54, 1.807) is 0 Å². The summed E-state index contributed by atoms with van der Waals surface area (Å²) in [5.41, 5.74) is 3.25. The molecule has 4 heterocycles. The second kappa shape index (κ2) is 11.4. The van der Waals surface area contributed by atoms with Crippen LogP contribution in [0.15, 0.2) is 32.8 Å². The predicted octanol–water partition coefficient (Wildman–Crippen LogP) is -2.81. The van der Waals surface area contributed by atoms with Gasteiger partial charge in [0, 0.05) is 36.7 Å². The fourth-order valence-corrected chi connectivity index (χ4v) is 5.65. The van der Waals surface area contributed by atoms with Crippen molar-refractivity contribution >= 4 is 21.5 Å². The number of aliphatic hydroxyl groups is 1. The minimum absolute atomic E-state index is 0.104. The van der Waals surface area contributed by atoms with Crippen LogP contribution in [-0.4, -0.2) is 69.9 Å². The summed E-state index contributed by atoms with van der Waals surface area (Å²) in [5, 5.41) is 10.8. The first-order valence-corrected chi connectivity index (χ1v) is 14.6. The first kappa shape index (κ1) is 30.4. The molecular formula is C19H26N5O14P2-. The number of nitrogens with two attached hydrogens (primary N) is 1. The average Bonchev–Trinajstić information content (AvgIpc) is 3.41. The summed E-state index contributed by atoms with van der Waals surface area (Å²) >= 11 is 0. The van der Waals surface area contributed by atoms with E-state index in [4.69, 9.17) is 19.7 Å². The largest absolute Gasteiger partial charge is 0.756 e. The Bertz CT molecular complexity index is 1510. The first-order chi connectivity index (χ1) is 18.5. The Labute approximate surface area is 223 Å². The van der Waals surface area contributed by atoms with Gasteiger partial charge < -0.3 is 44.4 Å². The van der Waals surface area contributed by atoms with E-state index in [9.17, 15) is 48.2 Å². The third-order valence-corrected chi connectivity index (χ3v) is 7.44. The molecule has 2 aliphatic heterocycles. The van der Waals surface area contributed by atoms with Gasteiger partial charge in [-0.05, 0) is 13.0 Å². The molecule has 0 saturated carbocycles. The molecule has 8 atom stereocenters. The van der Waals surface area contributed by atoms with E-state index in [2.05, 4.69) is 14.5 Å². The van der Waals surface area contributed by atoms with Crippen LogP contribution >= 0.6 is 15.6 Å². The number of aliphatic hydroxyl groups excluding tert-OH is 1. The molecule has 19 nitrogen and oxygen atoms in total. The molecule has 0 spiro atoms. The van der Waals surface area contributed by atoms with Crippen molar-refractivity contribution in [3.63, 3.8) is 0 Å². The number of nitrogen functional groups attached to an aromatic ring is 1. The standard InChI is InChI=1S/C19H27N5O14P2/c1-8-6-24(19(28)22-17(8)26)14-5-10(25)16(37-14)15(38-40(32,33)34)9-4-13(23-3-2-12(20)21-18(23)27)36-11(9)7-35-39(29,30)31/h2-3,6,9-11,13-16,25H,4-5,7H2,1H3,(H2,20,21,27)(H,22,26,28)(H2,29,30,31)(H2,32,33,34)/p-1. The van der Waals surface area contributed by atoms with Crippen molar-refractivity contribution in [1.29, 1.82) is 0 Å². The van der Waals surface area contributed by atoms with Crippen LogP contribution in [0, 0.1) is 12.8 Å². The van der Waals surface area contributed by atoms with Crippen molar-refractivity contribution in [2.24, 2.45) is 5.92 Å². The number of aryl methyl sites for hydroxylation is 1. The third kappa shape index (κ3) is 7.02. The molecule has 8 unspecified atom stereocenters. The van der Waals surface area contributed by atoms with Crippen LogP contribution in [0.25, 0.3) is 0 Å². The van der Waals surface area contributed by atoms with Gasteiger partial charge in [-0.15, -0.1) is 0 Å². The molecule has 4 rings (SSSR count). The molecule has 2 aliphatic rings. The zero-order chi connectivity index (χ0) is 29.6. The number of nitrogens with one attached hydrogen (secondary N) is 1. The molecule has 2 saturated heterocycles. The molecule has 222 valence electrons. The topological polar surface area (TPSA) is 291 Å². The molecule has 2 fully saturated rings. The van der Waals surface area contributed by atoms with Crippen molar-refractivity contribution < 1.29 is 52.3 Å². The van der Waals surface area contributed by atoms with E-state index in [-0.39, 0.29) is 24.2 Å². The lowest BCUT2D eigenvalue weighted by atomic mass is 9.89. The molecule has 0 aliphatic carbocycles. The van der Waals surface area contributed by atoms with Crippen molar-refractivity contribution in [2.75, 3.05) is 12.3 Å². The maximum absolute atomic E-state index is 12.4. The monoisotopic (exact) mass is 610 g/mol. The molecule has 40 heavy (non-hydrogen) atoms. The summed E-state index contributed by atoms with van der Waals surface area (Å²) in [6, 6.07) is 1.27. The fourth-order valence-electron chi connectivity index (χ4n) is 4.73. The number of nitrogens with zero attached hydrogens (tertiary/aromatic N) is 3. The van der Waals surface area contributed by atoms with E-state index in [0.717, 1.165) is 9.13 Å². The van der Waals surface area contributed by atoms with Crippen molar-refractivity contribution in [3.05, 3.63) is 55.3 Å². The summed E-state index contributed by atoms with van der Waals surface area (Å²) < 4.78 is 46.2. The van der Waals surface area contributed by atoms with Crippen LogP contribution in [0.5, 0.6) is 0 Å². The highest BCUT2D eigenvalue weighted by molar-refractivity contribution is 7.46. The number of H-pyrrole nitrogens is 1. The lowest BCUT2D eigenvalue weighted by molar-refractivity contribution is -0.234. The minimum Gasteiger partial charge on any atom is -0.756 e. The van der Waals surface area contributed by atoms with Gasteiger partial charge >= 0.3 is 19.2 Å². The van der Waals surface area contributed by atoms with Crippen LogP contribution in [-0.2, 0) is 27.7 Å². The number of hydrogen-bond acceptors (Lipinski definition) is 13. The molecule has 7 N–H and O–H groups in total. The maximum Gasteiger partial charge on any atom is 0.469 e. The number of ether oxygens (including phenoxy) is 2. The molecule has 2 aromatic heterocycles. The van der Waals surface area contributed by atoms with Gasteiger partial charge in [0.2, 0.25) is 0 Å². The molecule has 0 radical (unpaired) electrons. The number of aromatic nitrogens is 4. The maximum atomic E-state index is 12.4. The Kier molecular flexibility index (Phi) is 8.66. The van der Waals surface area contributed by atoms with Crippen molar-refractivity contribution in [1.82, 2.24) is 19.1 Å². The van der Waals surface area contributed by atoms with Gasteiger partial charge in [0.05, 0.1) is 18.8 Å². The van der Waals surface area contributed by atoms with Gasteiger partial charge in [-0.1, -0.05) is 0 Å². The summed E-state index contributed by atoms with van der Waals surface area (Å²) in [6.07, 6.45) is -6.82. The Morgan fingerprint density at radius 1 is 1.20 bits per heavy atom. The molecule has 2 aromatic rings. The molecular weight excluding hydrogens is 584 g/mol. The second-order valence-corrected chi connectivity index (χ2v) is 11.6. The molecule has 0 amide bonds. The third-order valence-electron chi connectivity index (χ3n) is 6.45. The van der Waals surface area contributed by atoms with Crippen LogP contribution in [0.4, 0.5) is 5.82 Å². The molecule has 0 bridgehead atoms. The predicted molar refractivity (Wildman–Crippen MR) is 128 cm³/mol. The van der Waals surface area contributed by atoms with Gasteiger partial charge in [0.25, 0.3) is 13.4 Å². The highest BCUT2D eigenvalue weighted by Gasteiger charge is 2.51. The van der Waals surface area contributed by atoms with Gasteiger partial charge in [0.1, 0.15) is 30.5 Å². The first-order valence-electron chi connectivity index (χ1n) is 11.6. The normalized spacial score (nSPS) is 29.4. The SMILES string of the molecule is Cc1cn(C2CC(O)C(C(OP(=O)([O-])O)C3CC(n4ccc(N)nc4=O)OC3COP(=O)(O)O)O2)c(=O)[nH]c1=O. The van der Waals surface area contributed by atoms with Crippen LogP contribution in [0.3, 0.4) is 0 Å². The number of phosphoric ester groups is 2. The number of phosphoric acid groups is 2. The van der Waals surface area contributed by atoms with Gasteiger partial charge in [-0.2, -0.15) is 4.98 Å². The van der Waals surface area contributed by atoms with Crippen molar-refractivity contribution in [3.8, 4) is 0 Å². The molecule has 0 aromatic carbocycles. The van der Waals surface area contributed by atoms with E-state index in [1.807, 2.05) is 0 Å². The number of aromatic amines is 1. The quantitative estimate of drug-likeness (QED) is 0.156. The number of rotatable bonds is 9. The Morgan fingerprint density at radius 2 is 1.88 bits per heavy atom. The van der Waals surface area contributed by atoms with Crippen molar-refractivity contribution in [2.45, 2.75) is 56.6 Å². The fraction of sp³-hybridized carbons (Fsp3) is 0.579. The summed E-state index contributed by atoms with van der Waals surface area (Å²) in [4.78, 5) is 82.0. The highest BCUT2D eigenvalue weighted by Crippen LogP contribution is 2.47. The lowest BCUT2D eigenvalue weighted by Crippen LogP contribution is -2.45. The summed E-state index contributed by atoms with van der Waals surface area (Å²) in [7, 11) is -10.6. The van der Waals surface area contributed by atoms with E-state index in [1.165, 1.54) is 25.4 Å².